The third kappa shape index (κ3) is 2.88. The van der Waals surface area contributed by atoms with Gasteiger partial charge in [-0.3, -0.25) is 4.90 Å². The molecular formula is C27H30N2O2. The fourth-order valence-corrected chi connectivity index (χ4v) is 6.71. The van der Waals surface area contributed by atoms with Crippen LogP contribution in [0.25, 0.3) is 22.2 Å². The minimum Gasteiger partial charge on any atom is -0.478 e. The number of aromatic carboxylic acids is 1. The van der Waals surface area contributed by atoms with Gasteiger partial charge in [-0.15, -0.1) is 0 Å². The second-order valence-electron chi connectivity index (χ2n) is 9.81. The van der Waals surface area contributed by atoms with Crippen LogP contribution in [0.2, 0.25) is 0 Å². The van der Waals surface area contributed by atoms with Crippen molar-refractivity contribution < 1.29 is 9.90 Å². The Morgan fingerprint density at radius 2 is 1.84 bits per heavy atom. The zero-order chi connectivity index (χ0) is 21.1. The van der Waals surface area contributed by atoms with Crippen molar-refractivity contribution in [2.75, 3.05) is 13.6 Å². The third-order valence-electron chi connectivity index (χ3n) is 8.09. The number of rotatable bonds is 2. The molecule has 1 aliphatic carbocycles. The van der Waals surface area contributed by atoms with Crippen molar-refractivity contribution in [3.8, 4) is 11.3 Å². The van der Waals surface area contributed by atoms with Crippen LogP contribution in [0.1, 0.15) is 72.0 Å². The average molecular weight is 415 g/mol. The van der Waals surface area contributed by atoms with Gasteiger partial charge in [0.1, 0.15) is 0 Å². The molecule has 1 aromatic heterocycles. The second-order valence-corrected chi connectivity index (χ2v) is 9.81. The van der Waals surface area contributed by atoms with Crippen molar-refractivity contribution >= 4 is 16.9 Å². The molecule has 3 heterocycles. The summed E-state index contributed by atoms with van der Waals surface area (Å²) < 4.78 is 2.49. The molecule has 160 valence electrons. The fraction of sp³-hybridized carbons (Fsp3) is 0.444. The molecule has 2 atom stereocenters. The van der Waals surface area contributed by atoms with E-state index in [2.05, 4.69) is 46.8 Å². The van der Waals surface area contributed by atoms with Crippen LogP contribution in [0.3, 0.4) is 0 Å². The molecule has 1 saturated carbocycles. The summed E-state index contributed by atoms with van der Waals surface area (Å²) in [4.78, 5) is 14.3. The van der Waals surface area contributed by atoms with Gasteiger partial charge in [0, 0.05) is 29.1 Å². The number of aromatic nitrogens is 1. The number of carboxylic acid groups (broad SMARTS) is 1. The van der Waals surface area contributed by atoms with Crippen LogP contribution >= 0.6 is 0 Å². The van der Waals surface area contributed by atoms with E-state index in [-0.39, 0.29) is 0 Å². The standard InChI is InChI=1S/C27H30N2O2/c1-28-14-13-19-16-29-23-15-18(27(30)31)11-12-22(23)24(17-7-3-2-4-8-17)26(29)21-10-6-5-9-20(21)25(19)28/h5-6,9-12,15,17,19,25H,2-4,7-8,13-14,16H2,1H3,(H,30,31)/t19-,25+/m1/s1. The van der Waals surface area contributed by atoms with Crippen LogP contribution in [0.4, 0.5) is 0 Å². The van der Waals surface area contributed by atoms with Crippen LogP contribution in [0.15, 0.2) is 42.5 Å². The molecule has 2 fully saturated rings. The number of carboxylic acids is 1. The first-order chi connectivity index (χ1) is 15.1. The summed E-state index contributed by atoms with van der Waals surface area (Å²) >= 11 is 0. The van der Waals surface area contributed by atoms with Crippen molar-refractivity contribution in [2.45, 2.75) is 57.0 Å². The van der Waals surface area contributed by atoms with Crippen molar-refractivity contribution in [3.63, 3.8) is 0 Å². The lowest BCUT2D eigenvalue weighted by Gasteiger charge is -2.26. The number of carbonyl (C=O) groups is 1. The molecule has 3 aliphatic rings. The number of fused-ring (bicyclic) bond motifs is 7. The normalized spacial score (nSPS) is 23.9. The first-order valence-corrected chi connectivity index (χ1v) is 11.8. The summed E-state index contributed by atoms with van der Waals surface area (Å²) in [5, 5.41) is 11.0. The minimum atomic E-state index is -0.843. The van der Waals surface area contributed by atoms with E-state index in [0.717, 1.165) is 18.6 Å². The molecule has 1 saturated heterocycles. The van der Waals surface area contributed by atoms with Crippen LogP contribution in [-0.4, -0.2) is 34.1 Å². The molecule has 0 bridgehead atoms. The molecule has 0 spiro atoms. The summed E-state index contributed by atoms with van der Waals surface area (Å²) in [7, 11) is 2.25. The first-order valence-electron chi connectivity index (χ1n) is 11.8. The van der Waals surface area contributed by atoms with Gasteiger partial charge in [-0.25, -0.2) is 4.79 Å². The van der Waals surface area contributed by atoms with Gasteiger partial charge in [-0.05, 0) is 68.0 Å². The van der Waals surface area contributed by atoms with E-state index in [1.807, 2.05) is 6.07 Å². The van der Waals surface area contributed by atoms with E-state index >= 15 is 0 Å². The van der Waals surface area contributed by atoms with Gasteiger partial charge in [0.2, 0.25) is 0 Å². The van der Waals surface area contributed by atoms with Crippen LogP contribution in [-0.2, 0) is 6.54 Å². The van der Waals surface area contributed by atoms with Gasteiger partial charge in [0.05, 0.1) is 11.3 Å². The molecule has 2 aliphatic heterocycles. The number of nitrogens with zero attached hydrogens (tertiary/aromatic N) is 2. The molecule has 6 rings (SSSR count). The highest BCUT2D eigenvalue weighted by Crippen LogP contribution is 2.50. The molecule has 0 radical (unpaired) electrons. The third-order valence-corrected chi connectivity index (χ3v) is 8.09. The van der Waals surface area contributed by atoms with Crippen molar-refractivity contribution in [1.29, 1.82) is 0 Å². The Bertz CT molecular complexity index is 1170. The maximum absolute atomic E-state index is 11.8. The zero-order valence-electron chi connectivity index (χ0n) is 18.2. The Hall–Kier alpha value is -2.59. The van der Waals surface area contributed by atoms with E-state index in [1.165, 1.54) is 66.3 Å². The Balaban J connectivity index is 1.68. The Kier molecular flexibility index (Phi) is 4.46. The van der Waals surface area contributed by atoms with E-state index in [9.17, 15) is 9.90 Å². The SMILES string of the molecule is CN1CC[C@@H]2Cn3c(c(C4CCCCC4)c4ccc(C(=O)O)cc43)-c3ccccc3[C@H]21. The van der Waals surface area contributed by atoms with Crippen molar-refractivity contribution in [2.24, 2.45) is 5.92 Å². The van der Waals surface area contributed by atoms with E-state index in [1.54, 1.807) is 6.07 Å². The van der Waals surface area contributed by atoms with Gasteiger partial charge >= 0.3 is 5.97 Å². The molecule has 4 heteroatoms. The maximum atomic E-state index is 11.8. The van der Waals surface area contributed by atoms with E-state index < -0.39 is 5.97 Å². The topological polar surface area (TPSA) is 45.5 Å². The molecule has 31 heavy (non-hydrogen) atoms. The number of benzene rings is 2. The van der Waals surface area contributed by atoms with Crippen LogP contribution < -0.4 is 0 Å². The molecule has 1 N–H and O–H groups in total. The predicted octanol–water partition coefficient (Wildman–Crippen LogP) is 6.06. The predicted molar refractivity (Wildman–Crippen MR) is 124 cm³/mol. The van der Waals surface area contributed by atoms with Crippen molar-refractivity contribution in [1.82, 2.24) is 9.47 Å². The average Bonchev–Trinajstić information content (AvgIpc) is 3.27. The van der Waals surface area contributed by atoms with Crippen LogP contribution in [0.5, 0.6) is 0 Å². The first kappa shape index (κ1) is 19.1. The van der Waals surface area contributed by atoms with E-state index in [4.69, 9.17) is 0 Å². The molecule has 4 nitrogen and oxygen atoms in total. The summed E-state index contributed by atoms with van der Waals surface area (Å²) in [6.07, 6.45) is 7.58. The monoisotopic (exact) mass is 414 g/mol. The Morgan fingerprint density at radius 3 is 2.65 bits per heavy atom. The van der Waals surface area contributed by atoms with Gasteiger partial charge in [-0.2, -0.15) is 0 Å². The van der Waals surface area contributed by atoms with Crippen molar-refractivity contribution in [3.05, 3.63) is 59.2 Å². The number of hydrogen-bond acceptors (Lipinski definition) is 2. The summed E-state index contributed by atoms with van der Waals surface area (Å²) in [6.45, 7) is 2.08. The molecule has 0 unspecified atom stereocenters. The summed E-state index contributed by atoms with van der Waals surface area (Å²) in [5.74, 6) is 0.270. The lowest BCUT2D eigenvalue weighted by atomic mass is 9.81. The highest BCUT2D eigenvalue weighted by atomic mass is 16.4. The molecular weight excluding hydrogens is 384 g/mol. The summed E-state index contributed by atoms with van der Waals surface area (Å²) in [5.41, 5.74) is 7.15. The second kappa shape index (κ2) is 7.23. The van der Waals surface area contributed by atoms with Gasteiger partial charge < -0.3 is 9.67 Å². The fourth-order valence-electron chi connectivity index (χ4n) is 6.71. The largest absolute Gasteiger partial charge is 0.478 e. The number of hydrogen-bond donors (Lipinski definition) is 1. The lowest BCUT2D eigenvalue weighted by Crippen LogP contribution is -2.22. The highest BCUT2D eigenvalue weighted by molar-refractivity contribution is 5.98. The quantitative estimate of drug-likeness (QED) is 0.554. The van der Waals surface area contributed by atoms with Gasteiger partial charge in [0.25, 0.3) is 0 Å². The Morgan fingerprint density at radius 1 is 1.03 bits per heavy atom. The van der Waals surface area contributed by atoms with Gasteiger partial charge in [-0.1, -0.05) is 49.6 Å². The zero-order valence-corrected chi connectivity index (χ0v) is 18.2. The van der Waals surface area contributed by atoms with E-state index in [0.29, 0.717) is 23.4 Å². The Labute approximate surface area is 183 Å². The maximum Gasteiger partial charge on any atom is 0.335 e. The minimum absolute atomic E-state index is 0.389. The molecule has 3 aromatic rings. The molecule has 0 amide bonds. The molecule has 2 aromatic carbocycles. The number of likely N-dealkylation sites (tertiary alicyclic amines) is 1. The van der Waals surface area contributed by atoms with Gasteiger partial charge in [0.15, 0.2) is 0 Å². The summed E-state index contributed by atoms with van der Waals surface area (Å²) in [6, 6.07) is 15.2. The van der Waals surface area contributed by atoms with Crippen LogP contribution in [0, 0.1) is 5.92 Å². The smallest absolute Gasteiger partial charge is 0.335 e. The lowest BCUT2D eigenvalue weighted by molar-refractivity contribution is 0.0697. The highest BCUT2D eigenvalue weighted by Gasteiger charge is 2.39.